The van der Waals surface area contributed by atoms with Gasteiger partial charge < -0.3 is 17.1 Å². The second-order valence-corrected chi connectivity index (χ2v) is 1.40. The van der Waals surface area contributed by atoms with Gasteiger partial charge in [-0.1, -0.05) is 0 Å². The van der Waals surface area contributed by atoms with Crippen LogP contribution in [0.25, 0.3) is 0 Å². The maximum atomic E-state index is 9.73. The molecular weight excluding hydrogens is 133 g/mol. The Bertz CT molecular complexity index is 111. The van der Waals surface area contributed by atoms with Gasteiger partial charge in [0.15, 0.2) is 0 Å². The third-order valence-electron chi connectivity index (χ3n) is 0.585. The number of hydrogen-bond donors (Lipinski definition) is 2. The van der Waals surface area contributed by atoms with E-state index in [0.717, 1.165) is 0 Å². The first kappa shape index (κ1) is 11.8. The minimum Gasteiger partial charge on any atom is -1.00 e. The molecule has 0 aliphatic heterocycles. The van der Waals surface area contributed by atoms with Crippen molar-refractivity contribution in [2.45, 2.75) is 12.5 Å². The maximum absolute atomic E-state index is 9.73. The summed E-state index contributed by atoms with van der Waals surface area (Å²) in [5.41, 5.74) is 4.92. The van der Waals surface area contributed by atoms with E-state index in [2.05, 4.69) is 0 Å². The van der Waals surface area contributed by atoms with E-state index in [1.54, 1.807) is 0 Å². The summed E-state index contributed by atoms with van der Waals surface area (Å²) in [6.07, 6.45) is 0.123. The Labute approximate surface area is 76.2 Å². The van der Waals surface area contributed by atoms with Gasteiger partial charge in [0.05, 0.1) is 12.5 Å². The number of carbonyl (C=O) groups is 2. The van der Waals surface area contributed by atoms with E-state index in [1.807, 2.05) is 0 Å². The fourth-order valence-corrected chi connectivity index (χ4v) is 0.250. The average Bonchev–Trinajstić information content (AvgIpc) is 1.65. The van der Waals surface area contributed by atoms with Crippen molar-refractivity contribution in [2.75, 3.05) is 0 Å². The monoisotopic (exact) mass is 141 g/mol. The zero-order chi connectivity index (χ0) is 6.57. The van der Waals surface area contributed by atoms with Gasteiger partial charge in [0, 0.05) is 0 Å². The van der Waals surface area contributed by atoms with Gasteiger partial charge in [-0.15, -0.1) is 0 Å². The van der Waals surface area contributed by atoms with Crippen LogP contribution in [-0.4, -0.2) is 23.4 Å². The Hall–Kier alpha value is 0.100. The van der Waals surface area contributed by atoms with Gasteiger partial charge in [-0.2, -0.15) is 0 Å². The number of rotatable bonds is 3. The first-order chi connectivity index (χ1) is 3.66. The molecule has 0 rings (SSSR count). The van der Waals surface area contributed by atoms with Crippen LogP contribution in [0.5, 0.6) is 0 Å². The molecule has 0 unspecified atom stereocenters. The van der Waals surface area contributed by atoms with Crippen molar-refractivity contribution in [1.82, 2.24) is 0 Å². The topological polar surface area (TPSA) is 80.4 Å². The largest absolute Gasteiger partial charge is 1.00 e. The first-order valence-electron chi connectivity index (χ1n) is 2.09. The van der Waals surface area contributed by atoms with Crippen molar-refractivity contribution in [1.29, 1.82) is 0 Å². The molecule has 5 heteroatoms. The van der Waals surface area contributed by atoms with Crippen molar-refractivity contribution in [3.05, 3.63) is 0 Å². The summed E-state index contributed by atoms with van der Waals surface area (Å²) in [4.78, 5) is 19.4. The van der Waals surface area contributed by atoms with E-state index in [1.165, 1.54) is 0 Å². The van der Waals surface area contributed by atoms with Crippen LogP contribution in [0.1, 0.15) is 7.85 Å². The van der Waals surface area contributed by atoms with Crippen LogP contribution in [0.3, 0.4) is 0 Å². The van der Waals surface area contributed by atoms with Gasteiger partial charge in [-0.25, -0.2) is 0 Å². The van der Waals surface area contributed by atoms with E-state index in [0.29, 0.717) is 6.29 Å². The smallest absolute Gasteiger partial charge is 1.00 e. The van der Waals surface area contributed by atoms with E-state index in [-0.39, 0.29) is 37.4 Å². The molecular formula is C4H8NNaO3. The van der Waals surface area contributed by atoms with E-state index < -0.39 is 12.0 Å². The Balaban J connectivity index is -0.000000245. The molecule has 1 atom stereocenters. The molecule has 0 aromatic carbocycles. The van der Waals surface area contributed by atoms with Crippen molar-refractivity contribution >= 4 is 12.3 Å². The number of nitrogens with two attached hydrogens (primary N) is 1. The average molecular weight is 141 g/mol. The maximum Gasteiger partial charge on any atom is 1.00 e. The van der Waals surface area contributed by atoms with Gasteiger partial charge in [0.1, 0.15) is 6.29 Å². The van der Waals surface area contributed by atoms with Crippen LogP contribution in [0.15, 0.2) is 0 Å². The normalized spacial score (nSPS) is 11.2. The van der Waals surface area contributed by atoms with E-state index >= 15 is 0 Å². The number of aliphatic carboxylic acids is 1. The number of carbonyl (C=O) groups excluding carboxylic acids is 1. The summed E-state index contributed by atoms with van der Waals surface area (Å²) in [6, 6.07) is -0.854. The molecule has 0 aromatic heterocycles. The van der Waals surface area contributed by atoms with Gasteiger partial charge in [0.25, 0.3) is 0 Å². The molecule has 9 heavy (non-hydrogen) atoms. The van der Waals surface area contributed by atoms with E-state index in [4.69, 9.17) is 10.8 Å². The molecule has 0 aromatic rings. The molecule has 3 N–H and O–H groups in total. The Morgan fingerprint density at radius 2 is 2.33 bits per heavy atom. The van der Waals surface area contributed by atoms with Crippen LogP contribution < -0.4 is 35.3 Å². The summed E-state index contributed by atoms with van der Waals surface area (Å²) in [5, 5.41) is 7.98. The first-order valence-corrected chi connectivity index (χ1v) is 2.09. The molecule has 0 spiro atoms. The van der Waals surface area contributed by atoms with E-state index in [9.17, 15) is 9.59 Å². The summed E-state index contributed by atoms with van der Waals surface area (Å²) < 4.78 is 0. The Kier molecular flexibility index (Phi) is 8.19. The van der Waals surface area contributed by atoms with Gasteiger partial charge in [-0.3, -0.25) is 4.79 Å². The number of aldehydes is 1. The second kappa shape index (κ2) is 6.22. The van der Waals surface area contributed by atoms with Gasteiger partial charge in [0.2, 0.25) is 0 Å². The molecule has 0 aliphatic carbocycles. The third kappa shape index (κ3) is 8.10. The minimum atomic E-state index is -1.05. The fraction of sp³-hybridized carbons (Fsp3) is 0.500. The molecule has 0 amide bonds. The molecule has 0 fully saturated rings. The summed E-state index contributed by atoms with van der Waals surface area (Å²) >= 11 is 0. The quantitative estimate of drug-likeness (QED) is 0.311. The number of carboxylic acids is 1. The van der Waals surface area contributed by atoms with Crippen LogP contribution in [0.2, 0.25) is 0 Å². The number of hydrogen-bond acceptors (Lipinski definition) is 3. The van der Waals surface area contributed by atoms with Crippen LogP contribution >= 0.6 is 0 Å². The predicted octanol–water partition coefficient (Wildman–Crippen LogP) is -3.90. The summed E-state index contributed by atoms with van der Waals surface area (Å²) in [7, 11) is 0. The molecule has 4 nitrogen and oxygen atoms in total. The van der Waals surface area contributed by atoms with Crippen molar-refractivity contribution in [2.24, 2.45) is 5.73 Å². The number of carboxylic acid groups (broad SMARTS) is 1. The second-order valence-electron chi connectivity index (χ2n) is 1.40. The van der Waals surface area contributed by atoms with Gasteiger partial charge in [-0.05, 0) is 0 Å². The molecule has 0 heterocycles. The molecule has 0 bridgehead atoms. The minimum absolute atomic E-state index is 0. The van der Waals surface area contributed by atoms with Crippen LogP contribution in [0, 0.1) is 0 Å². The molecule has 48 valence electrons. The van der Waals surface area contributed by atoms with Crippen molar-refractivity contribution in [3.8, 4) is 0 Å². The predicted molar refractivity (Wildman–Crippen MR) is 27.4 cm³/mol. The Morgan fingerprint density at radius 1 is 1.89 bits per heavy atom. The SMILES string of the molecule is N[C@H](C=O)CC(=O)O.[H-].[Na+]. The fourth-order valence-electron chi connectivity index (χ4n) is 0.250. The summed E-state index contributed by atoms with van der Waals surface area (Å²) in [5.74, 6) is -1.05. The molecule has 0 saturated carbocycles. The van der Waals surface area contributed by atoms with Crippen molar-refractivity contribution in [3.63, 3.8) is 0 Å². The zero-order valence-electron chi connectivity index (χ0n) is 6.20. The van der Waals surface area contributed by atoms with Gasteiger partial charge >= 0.3 is 35.5 Å². The zero-order valence-corrected chi connectivity index (χ0v) is 7.20. The third-order valence-corrected chi connectivity index (χ3v) is 0.585. The van der Waals surface area contributed by atoms with Crippen LogP contribution in [0.4, 0.5) is 0 Å². The molecule has 0 radical (unpaired) electrons. The molecule has 0 aliphatic rings. The Morgan fingerprint density at radius 3 is 2.44 bits per heavy atom. The standard InChI is InChI=1S/C4H7NO3.Na.H/c5-3(2-6)1-4(7)8;;/h2-3H,1,5H2,(H,7,8);;/q;+1;-1/t3-;;/m0../s1. The van der Waals surface area contributed by atoms with Crippen molar-refractivity contribution < 1.29 is 45.7 Å². The van der Waals surface area contributed by atoms with Crippen LogP contribution in [-0.2, 0) is 9.59 Å². The summed E-state index contributed by atoms with van der Waals surface area (Å²) in [6.45, 7) is 0. The molecule has 0 saturated heterocycles.